The molecule has 12 heavy (non-hydrogen) atoms. The van der Waals surface area contributed by atoms with Crippen molar-refractivity contribution in [2.24, 2.45) is 4.99 Å². The molecule has 0 bridgehead atoms. The average molecular weight is 157 g/mol. The van der Waals surface area contributed by atoms with Crippen LogP contribution in [0.4, 0.5) is 0 Å². The van der Waals surface area contributed by atoms with E-state index in [1.165, 1.54) is 6.08 Å². The van der Waals surface area contributed by atoms with Crippen LogP contribution in [0.3, 0.4) is 0 Å². The van der Waals surface area contributed by atoms with Crippen molar-refractivity contribution in [2.75, 3.05) is 0 Å². The third kappa shape index (κ3) is 1.40. The molecule has 0 N–H and O–H groups in total. The lowest BCUT2D eigenvalue weighted by Crippen LogP contribution is -2.19. The second-order valence-corrected chi connectivity index (χ2v) is 2.15. The van der Waals surface area contributed by atoms with Gasteiger partial charge in [-0.3, -0.25) is 4.79 Å². The molecule has 2 heteroatoms. The first-order valence-electron chi connectivity index (χ1n) is 3.39. The van der Waals surface area contributed by atoms with Gasteiger partial charge >= 0.3 is 0 Å². The highest BCUT2D eigenvalue weighted by Crippen LogP contribution is 1.81. The number of rotatable bonds is 0. The molecule has 0 radical (unpaired) electrons. The van der Waals surface area contributed by atoms with Crippen LogP contribution in [0.25, 0.3) is 6.08 Å². The van der Waals surface area contributed by atoms with Crippen molar-refractivity contribution >= 4 is 12.0 Å². The lowest BCUT2D eigenvalue weighted by Gasteiger charge is -1.77. The van der Waals surface area contributed by atoms with Crippen LogP contribution in [0.1, 0.15) is 0 Å². The first-order chi connectivity index (χ1) is 5.86. The topological polar surface area (TPSA) is 29.4 Å². The number of hydrogen-bond acceptors (Lipinski definition) is 1. The van der Waals surface area contributed by atoms with Crippen LogP contribution in [0.15, 0.2) is 29.3 Å². The van der Waals surface area contributed by atoms with Crippen LogP contribution in [0.5, 0.6) is 0 Å². The fourth-order valence-electron chi connectivity index (χ4n) is 0.995. The zero-order chi connectivity index (χ0) is 8.97. The van der Waals surface area contributed by atoms with E-state index in [2.05, 4.69) is 17.8 Å². The zero-order valence-electron chi connectivity index (χ0n) is 6.40. The van der Waals surface area contributed by atoms with Gasteiger partial charge in [-0.25, -0.2) is 4.99 Å². The standard InChI is InChI=1S/C8H5NO.C2H2/c10-8-5-6-3-1-2-4-7(6)9-8;1-2/h1-5H;1-2H. The van der Waals surface area contributed by atoms with Gasteiger partial charge in [-0.05, 0) is 6.07 Å². The molecule has 0 spiro atoms. The van der Waals surface area contributed by atoms with Gasteiger partial charge in [-0.15, -0.1) is 12.8 Å². The minimum Gasteiger partial charge on any atom is -0.267 e. The molecule has 1 aromatic carbocycles. The summed E-state index contributed by atoms with van der Waals surface area (Å²) in [6.07, 6.45) is 9.54. The number of hydrogen-bond donors (Lipinski definition) is 0. The molecule has 0 aliphatic carbocycles. The van der Waals surface area contributed by atoms with Gasteiger partial charge in [-0.1, -0.05) is 18.2 Å². The Morgan fingerprint density at radius 3 is 2.50 bits per heavy atom. The summed E-state index contributed by atoms with van der Waals surface area (Å²) >= 11 is 0. The van der Waals surface area contributed by atoms with Crippen molar-refractivity contribution in [1.82, 2.24) is 0 Å². The fraction of sp³-hybridized carbons (Fsp3) is 0. The molecule has 2 rings (SSSR count). The van der Waals surface area contributed by atoms with E-state index in [1.54, 1.807) is 0 Å². The van der Waals surface area contributed by atoms with Crippen LogP contribution < -0.4 is 10.6 Å². The fourth-order valence-corrected chi connectivity index (χ4v) is 0.995. The van der Waals surface area contributed by atoms with Gasteiger partial charge in [0, 0.05) is 11.3 Å². The number of terminal acetylenes is 1. The molecule has 1 aliphatic rings. The van der Waals surface area contributed by atoms with E-state index in [1.807, 2.05) is 24.3 Å². The Morgan fingerprint density at radius 2 is 1.83 bits per heavy atom. The van der Waals surface area contributed by atoms with E-state index in [9.17, 15) is 4.79 Å². The van der Waals surface area contributed by atoms with Gasteiger partial charge in [0.25, 0.3) is 5.91 Å². The Balaban J connectivity index is 0.000000336. The van der Waals surface area contributed by atoms with E-state index in [0.29, 0.717) is 0 Å². The van der Waals surface area contributed by atoms with Gasteiger partial charge in [0.05, 0.1) is 5.36 Å². The van der Waals surface area contributed by atoms with Gasteiger partial charge in [0.1, 0.15) is 0 Å². The number of carbonyl (C=O) groups is 1. The largest absolute Gasteiger partial charge is 0.270 e. The Bertz CT molecular complexity index is 392. The van der Waals surface area contributed by atoms with Crippen molar-refractivity contribution in [3.05, 3.63) is 34.8 Å². The van der Waals surface area contributed by atoms with E-state index in [4.69, 9.17) is 0 Å². The highest BCUT2D eigenvalue weighted by molar-refractivity contribution is 6.06. The maximum absolute atomic E-state index is 10.7. The van der Waals surface area contributed by atoms with Crippen molar-refractivity contribution in [1.29, 1.82) is 0 Å². The number of nitrogens with zero attached hydrogens (tertiary/aromatic N) is 1. The van der Waals surface area contributed by atoms with Crippen LogP contribution in [-0.4, -0.2) is 5.91 Å². The summed E-state index contributed by atoms with van der Waals surface area (Å²) in [5.74, 6) is -0.152. The monoisotopic (exact) mass is 157 g/mol. The van der Waals surface area contributed by atoms with Crippen LogP contribution in [-0.2, 0) is 4.79 Å². The molecule has 1 aromatic rings. The zero-order valence-corrected chi connectivity index (χ0v) is 6.40. The number of amides is 1. The Morgan fingerprint density at radius 1 is 1.17 bits per heavy atom. The van der Waals surface area contributed by atoms with Crippen LogP contribution in [0.2, 0.25) is 0 Å². The molecule has 0 unspecified atom stereocenters. The van der Waals surface area contributed by atoms with Gasteiger partial charge in [-0.2, -0.15) is 0 Å². The molecule has 0 saturated carbocycles. The summed E-state index contributed by atoms with van der Waals surface area (Å²) in [5.41, 5.74) is 0. The Kier molecular flexibility index (Phi) is 2.39. The minimum absolute atomic E-state index is 0.152. The molecule has 0 fully saturated rings. The van der Waals surface area contributed by atoms with Crippen molar-refractivity contribution in [3.63, 3.8) is 0 Å². The van der Waals surface area contributed by atoms with E-state index >= 15 is 0 Å². The predicted octanol–water partition coefficient (Wildman–Crippen LogP) is -0.124. The van der Waals surface area contributed by atoms with Crippen molar-refractivity contribution in [2.45, 2.75) is 0 Å². The van der Waals surface area contributed by atoms with Gasteiger partial charge in [0.15, 0.2) is 0 Å². The quantitative estimate of drug-likeness (QED) is 0.483. The van der Waals surface area contributed by atoms with E-state index < -0.39 is 0 Å². The van der Waals surface area contributed by atoms with Crippen molar-refractivity contribution in [3.8, 4) is 12.8 Å². The van der Waals surface area contributed by atoms with Crippen LogP contribution >= 0.6 is 0 Å². The van der Waals surface area contributed by atoms with E-state index in [-0.39, 0.29) is 5.91 Å². The van der Waals surface area contributed by atoms with Gasteiger partial charge < -0.3 is 0 Å². The summed E-state index contributed by atoms with van der Waals surface area (Å²) < 4.78 is 0. The molecular weight excluding hydrogens is 150 g/mol. The third-order valence-corrected chi connectivity index (χ3v) is 1.45. The van der Waals surface area contributed by atoms with E-state index in [0.717, 1.165) is 10.6 Å². The maximum atomic E-state index is 10.7. The first kappa shape index (κ1) is 8.22. The third-order valence-electron chi connectivity index (χ3n) is 1.45. The predicted molar refractivity (Wildman–Crippen MR) is 46.6 cm³/mol. The number of para-hydroxylation sites is 1. The summed E-state index contributed by atoms with van der Waals surface area (Å²) in [7, 11) is 0. The highest BCUT2D eigenvalue weighted by Gasteiger charge is 1.99. The molecule has 1 heterocycles. The first-order valence-corrected chi connectivity index (χ1v) is 3.39. The average Bonchev–Trinajstić information content (AvgIpc) is 2.48. The highest BCUT2D eigenvalue weighted by atomic mass is 16.1. The molecule has 58 valence electrons. The number of fused-ring (bicyclic) bond motifs is 1. The summed E-state index contributed by atoms with van der Waals surface area (Å²) in [6, 6.07) is 7.47. The molecular formula is C10H7NO. The second kappa shape index (κ2) is 3.49. The van der Waals surface area contributed by atoms with Crippen molar-refractivity contribution < 1.29 is 4.79 Å². The maximum Gasteiger partial charge on any atom is 0.270 e. The normalized spacial score (nSPS) is 11.7. The Hall–Kier alpha value is -1.88. The SMILES string of the molecule is C#C.O=C1C=c2ccccc2=N1. The smallest absolute Gasteiger partial charge is 0.267 e. The summed E-state index contributed by atoms with van der Waals surface area (Å²) in [6.45, 7) is 0. The Labute approximate surface area is 70.3 Å². The minimum atomic E-state index is -0.152. The number of benzene rings is 1. The van der Waals surface area contributed by atoms with Crippen LogP contribution in [0, 0.1) is 12.8 Å². The molecule has 1 aliphatic heterocycles. The molecule has 0 aromatic heterocycles. The summed E-state index contributed by atoms with van der Waals surface area (Å²) in [5, 5.41) is 1.71. The van der Waals surface area contributed by atoms with Gasteiger partial charge in [0.2, 0.25) is 0 Å². The molecule has 2 nitrogen and oxygen atoms in total. The summed E-state index contributed by atoms with van der Waals surface area (Å²) in [4.78, 5) is 14.4. The second-order valence-electron chi connectivity index (χ2n) is 2.15. The molecule has 0 saturated heterocycles. The molecule has 1 amide bonds. The lowest BCUT2D eigenvalue weighted by molar-refractivity contribution is -0.112. The number of carbonyl (C=O) groups excluding carboxylic acids is 1. The molecule has 0 atom stereocenters. The lowest BCUT2D eigenvalue weighted by atomic mass is 10.3.